The molecule has 3 heteroatoms. The summed E-state index contributed by atoms with van der Waals surface area (Å²) in [4.78, 5) is 0. The van der Waals surface area contributed by atoms with Crippen LogP contribution in [-0.2, 0) is 0 Å². The first kappa shape index (κ1) is 11.5. The molecule has 0 rings (SSSR count). The van der Waals surface area contributed by atoms with Crippen LogP contribution in [0.25, 0.3) is 0 Å². The topological polar surface area (TPSA) is 3.24 Å². The predicted molar refractivity (Wildman–Crippen MR) is 55.6 cm³/mol. The molecule has 0 saturated carbocycles. The van der Waals surface area contributed by atoms with Gasteiger partial charge in [-0.3, -0.25) is 0 Å². The Morgan fingerprint density at radius 3 is 1.73 bits per heavy atom. The van der Waals surface area contributed by atoms with Crippen molar-refractivity contribution in [2.24, 2.45) is 5.41 Å². The first-order valence-corrected chi connectivity index (χ1v) is 7.00. The van der Waals surface area contributed by atoms with E-state index in [0.29, 0.717) is 11.0 Å². The zero-order valence-corrected chi connectivity index (χ0v) is 10.4. The van der Waals surface area contributed by atoms with E-state index in [-0.39, 0.29) is 0 Å². The average Bonchev–Trinajstić information content (AvgIpc) is 1.82. The van der Waals surface area contributed by atoms with Gasteiger partial charge in [0.2, 0.25) is 8.27 Å². The zero-order valence-electron chi connectivity index (χ0n) is 8.48. The highest BCUT2D eigenvalue weighted by molar-refractivity contribution is 7.06. The van der Waals surface area contributed by atoms with E-state index in [2.05, 4.69) is 46.4 Å². The number of rotatable bonds is 2. The van der Waals surface area contributed by atoms with E-state index in [9.17, 15) is 0 Å². The van der Waals surface area contributed by atoms with Gasteiger partial charge < -0.3 is 4.57 Å². The third-order valence-corrected chi connectivity index (χ3v) is 7.39. The highest BCUT2D eigenvalue weighted by atomic mass is 35.6. The van der Waals surface area contributed by atoms with Crippen LogP contribution in [0.3, 0.4) is 0 Å². The Labute approximate surface area is 77.1 Å². The lowest BCUT2D eigenvalue weighted by Gasteiger charge is -2.32. The summed E-state index contributed by atoms with van der Waals surface area (Å²) in [6.07, 6.45) is 0. The summed E-state index contributed by atoms with van der Waals surface area (Å²) in [6.45, 7) is 9.01. The van der Waals surface area contributed by atoms with Crippen LogP contribution < -0.4 is 0 Å². The summed E-state index contributed by atoms with van der Waals surface area (Å²) in [5.74, 6) is 0. The maximum Gasteiger partial charge on any atom is 0.216 e. The van der Waals surface area contributed by atoms with E-state index >= 15 is 0 Å². The molecular formula is C8H20ClNSi. The summed E-state index contributed by atoms with van der Waals surface area (Å²) in [5, 5.41) is 0. The molecule has 0 radical (unpaired) electrons. The molecule has 0 aliphatic carbocycles. The number of hydrogen-bond donors (Lipinski definition) is 0. The molecule has 68 valence electrons. The van der Waals surface area contributed by atoms with Gasteiger partial charge in [0.05, 0.1) is 0 Å². The van der Waals surface area contributed by atoms with Gasteiger partial charge in [0.15, 0.2) is 0 Å². The standard InChI is InChI=1S/C8H20ClNSi/c1-7(8(2,3)4)11(9)10(5)6/h7,11H,1-6H3. The van der Waals surface area contributed by atoms with Gasteiger partial charge >= 0.3 is 0 Å². The molecular weight excluding hydrogens is 174 g/mol. The van der Waals surface area contributed by atoms with E-state index < -0.39 is 8.27 Å². The van der Waals surface area contributed by atoms with Crippen molar-refractivity contribution >= 4 is 19.3 Å². The Morgan fingerprint density at radius 2 is 1.64 bits per heavy atom. The van der Waals surface area contributed by atoms with Crippen LogP contribution in [0.2, 0.25) is 5.54 Å². The SMILES string of the molecule is CC([SiH](Cl)N(C)C)C(C)(C)C. The average molecular weight is 194 g/mol. The minimum atomic E-state index is -1.19. The molecule has 0 aromatic carbocycles. The van der Waals surface area contributed by atoms with Gasteiger partial charge in [-0.1, -0.05) is 27.7 Å². The lowest BCUT2D eigenvalue weighted by molar-refractivity contribution is 0.381. The van der Waals surface area contributed by atoms with E-state index in [1.54, 1.807) is 0 Å². The van der Waals surface area contributed by atoms with Gasteiger partial charge in [0, 0.05) is 0 Å². The van der Waals surface area contributed by atoms with Gasteiger partial charge in [0.25, 0.3) is 0 Å². The van der Waals surface area contributed by atoms with Crippen LogP contribution in [0, 0.1) is 5.41 Å². The summed E-state index contributed by atoms with van der Waals surface area (Å²) in [6, 6.07) is 0. The summed E-state index contributed by atoms with van der Waals surface area (Å²) < 4.78 is 2.19. The molecule has 0 spiro atoms. The molecule has 0 aliphatic rings. The van der Waals surface area contributed by atoms with Crippen molar-refractivity contribution in [1.29, 1.82) is 0 Å². The Kier molecular flexibility index (Phi) is 4.09. The van der Waals surface area contributed by atoms with Crippen molar-refractivity contribution in [2.75, 3.05) is 14.1 Å². The van der Waals surface area contributed by atoms with Crippen molar-refractivity contribution in [3.63, 3.8) is 0 Å². The van der Waals surface area contributed by atoms with E-state index in [4.69, 9.17) is 11.1 Å². The predicted octanol–water partition coefficient (Wildman–Crippen LogP) is 2.44. The lowest BCUT2D eigenvalue weighted by Crippen LogP contribution is -2.36. The Balaban J connectivity index is 4.13. The third-order valence-electron chi connectivity index (χ3n) is 2.27. The second kappa shape index (κ2) is 3.92. The van der Waals surface area contributed by atoms with Gasteiger partial charge in [-0.15, -0.1) is 11.1 Å². The maximum absolute atomic E-state index is 6.32. The lowest BCUT2D eigenvalue weighted by atomic mass is 9.93. The summed E-state index contributed by atoms with van der Waals surface area (Å²) >= 11 is 6.32. The number of hydrogen-bond acceptors (Lipinski definition) is 1. The normalized spacial score (nSPS) is 18.5. The second-order valence-corrected chi connectivity index (χ2v) is 8.61. The summed E-state index contributed by atoms with van der Waals surface area (Å²) in [7, 11) is 2.96. The highest BCUT2D eigenvalue weighted by Gasteiger charge is 2.29. The largest absolute Gasteiger partial charge is 0.319 e. The van der Waals surface area contributed by atoms with Crippen molar-refractivity contribution in [2.45, 2.75) is 33.2 Å². The maximum atomic E-state index is 6.32. The molecule has 0 N–H and O–H groups in total. The van der Waals surface area contributed by atoms with E-state index in [0.717, 1.165) is 0 Å². The molecule has 0 bridgehead atoms. The van der Waals surface area contributed by atoms with Crippen LogP contribution in [0.15, 0.2) is 0 Å². The Bertz CT molecular complexity index is 120. The highest BCUT2D eigenvalue weighted by Crippen LogP contribution is 2.34. The molecule has 2 atom stereocenters. The van der Waals surface area contributed by atoms with Crippen LogP contribution in [-0.4, -0.2) is 26.9 Å². The quantitative estimate of drug-likeness (QED) is 0.481. The zero-order chi connectivity index (χ0) is 9.23. The summed E-state index contributed by atoms with van der Waals surface area (Å²) in [5.41, 5.74) is 0.988. The first-order chi connectivity index (χ1) is 4.76. The fourth-order valence-electron chi connectivity index (χ4n) is 0.860. The molecule has 2 unspecified atom stereocenters. The van der Waals surface area contributed by atoms with Gasteiger partial charge in [0.1, 0.15) is 0 Å². The van der Waals surface area contributed by atoms with Crippen molar-refractivity contribution in [3.8, 4) is 0 Å². The molecule has 0 aliphatic heterocycles. The first-order valence-electron chi connectivity index (χ1n) is 4.07. The molecule has 11 heavy (non-hydrogen) atoms. The van der Waals surface area contributed by atoms with Crippen molar-refractivity contribution in [3.05, 3.63) is 0 Å². The number of nitrogens with zero attached hydrogens (tertiary/aromatic N) is 1. The monoisotopic (exact) mass is 193 g/mol. The molecule has 0 heterocycles. The van der Waals surface area contributed by atoms with Gasteiger partial charge in [-0.2, -0.15) is 0 Å². The van der Waals surface area contributed by atoms with Crippen LogP contribution in [0.4, 0.5) is 0 Å². The molecule has 0 aromatic heterocycles. The van der Waals surface area contributed by atoms with Crippen molar-refractivity contribution in [1.82, 2.24) is 4.57 Å². The van der Waals surface area contributed by atoms with Crippen LogP contribution in [0.1, 0.15) is 27.7 Å². The minimum absolute atomic E-state index is 0.350. The smallest absolute Gasteiger partial charge is 0.216 e. The van der Waals surface area contributed by atoms with Crippen LogP contribution >= 0.6 is 11.1 Å². The fourth-order valence-corrected chi connectivity index (χ4v) is 3.71. The molecule has 0 amide bonds. The molecule has 1 nitrogen and oxygen atoms in total. The Hall–Kier alpha value is 0.467. The van der Waals surface area contributed by atoms with Gasteiger partial charge in [-0.25, -0.2) is 0 Å². The van der Waals surface area contributed by atoms with Gasteiger partial charge in [-0.05, 0) is 25.1 Å². The minimum Gasteiger partial charge on any atom is -0.319 e. The van der Waals surface area contributed by atoms with Crippen LogP contribution in [0.5, 0.6) is 0 Å². The third kappa shape index (κ3) is 3.59. The Morgan fingerprint density at radius 1 is 1.27 bits per heavy atom. The molecule has 0 aromatic rings. The fraction of sp³-hybridized carbons (Fsp3) is 1.00. The number of halogens is 1. The van der Waals surface area contributed by atoms with Crippen molar-refractivity contribution < 1.29 is 0 Å². The molecule has 0 saturated heterocycles. The van der Waals surface area contributed by atoms with E-state index in [1.165, 1.54) is 0 Å². The van der Waals surface area contributed by atoms with E-state index in [1.807, 2.05) is 0 Å². The molecule has 0 fully saturated rings. The second-order valence-electron chi connectivity index (χ2n) is 4.49.